The van der Waals surface area contributed by atoms with Crippen molar-refractivity contribution in [2.24, 2.45) is 0 Å². The molecule has 6 nitrogen and oxygen atoms in total. The van der Waals surface area contributed by atoms with Gasteiger partial charge in [0.05, 0.1) is 11.1 Å². The van der Waals surface area contributed by atoms with Gasteiger partial charge in [-0.25, -0.2) is 9.59 Å². The first-order chi connectivity index (χ1) is 18.9. The van der Waals surface area contributed by atoms with Crippen molar-refractivity contribution in [3.63, 3.8) is 0 Å². The van der Waals surface area contributed by atoms with E-state index in [1.54, 1.807) is 103 Å². The summed E-state index contributed by atoms with van der Waals surface area (Å²) in [7, 11) is 0. The summed E-state index contributed by atoms with van der Waals surface area (Å²) >= 11 is 0. The number of rotatable bonds is 4. The highest BCUT2D eigenvalue weighted by atomic mass is 16.5. The van der Waals surface area contributed by atoms with Crippen molar-refractivity contribution in [2.75, 3.05) is 0 Å². The van der Waals surface area contributed by atoms with Crippen molar-refractivity contribution in [1.29, 1.82) is 0 Å². The van der Waals surface area contributed by atoms with Gasteiger partial charge in [0.25, 0.3) is 0 Å². The second-order valence-electron chi connectivity index (χ2n) is 9.17. The van der Waals surface area contributed by atoms with Crippen LogP contribution in [0.3, 0.4) is 0 Å². The molecule has 0 amide bonds. The zero-order valence-corrected chi connectivity index (χ0v) is 20.8. The number of esters is 2. The number of Topliss-reactive ketones (excluding diaryl/α,β-unsaturated/α-hetero) is 2. The van der Waals surface area contributed by atoms with Crippen LogP contribution in [0.5, 0.6) is 0 Å². The predicted octanol–water partition coefficient (Wildman–Crippen LogP) is 2.09. The number of fused-ring (bicyclic) bond motifs is 3. The normalized spacial score (nSPS) is 13.9. The van der Waals surface area contributed by atoms with E-state index in [9.17, 15) is 19.2 Å². The van der Waals surface area contributed by atoms with Crippen molar-refractivity contribution in [1.82, 2.24) is 0 Å². The lowest BCUT2D eigenvalue weighted by molar-refractivity contribution is -0.112. The Morgan fingerprint density at radius 2 is 0.949 bits per heavy atom. The fourth-order valence-electron chi connectivity index (χ4n) is 4.83. The number of hydrogen-bond acceptors (Lipinski definition) is 6. The van der Waals surface area contributed by atoms with E-state index in [-0.39, 0.29) is 33.8 Å². The van der Waals surface area contributed by atoms with Crippen LogP contribution in [0, 0.1) is 6.92 Å². The number of ether oxygens (including phenoxy) is 2. The molecule has 0 bridgehead atoms. The summed E-state index contributed by atoms with van der Waals surface area (Å²) in [6.07, 6.45) is 0. The van der Waals surface area contributed by atoms with Crippen LogP contribution in [-0.4, -0.2) is 23.5 Å². The quantitative estimate of drug-likeness (QED) is 0.390. The standard InChI is InChI=1S/C33H20O6/c1-19-16-17-23-25(18-19)31(39-33(37)21-12-6-3-7-13-21)29(35)26-22-14-8-9-15-24(22)30(28(34)27(23)26)38-32(36)20-10-4-2-5-11-20/h2-18H,1H3. The van der Waals surface area contributed by atoms with Crippen LogP contribution < -0.4 is 20.9 Å². The Labute approximate surface area is 222 Å². The molecule has 0 N–H and O–H groups in total. The molecule has 6 heteroatoms. The van der Waals surface area contributed by atoms with E-state index >= 15 is 0 Å². The van der Waals surface area contributed by atoms with Crippen LogP contribution in [0.15, 0.2) is 103 Å². The molecule has 0 saturated carbocycles. The van der Waals surface area contributed by atoms with Crippen LogP contribution in [0.2, 0.25) is 0 Å². The Balaban J connectivity index is 1.60. The van der Waals surface area contributed by atoms with Crippen LogP contribution in [0.25, 0.3) is 22.7 Å². The molecule has 39 heavy (non-hydrogen) atoms. The highest BCUT2D eigenvalue weighted by Crippen LogP contribution is 2.26. The minimum atomic E-state index is -0.687. The molecule has 0 atom stereocenters. The Morgan fingerprint density at radius 1 is 0.513 bits per heavy atom. The number of aryl methyl sites for hydroxylation is 1. The smallest absolute Gasteiger partial charge is 0.343 e. The molecule has 6 rings (SSSR count). The van der Waals surface area contributed by atoms with Crippen molar-refractivity contribution in [3.8, 4) is 0 Å². The SMILES string of the molecule is Cc1ccc2c(c1)=C(OC(=O)c1ccccc1)C(=O)C1=c3ccccc3=C(OC(=O)c3ccccc3)C(=O)C=21. The van der Waals surface area contributed by atoms with Crippen molar-refractivity contribution in [2.45, 2.75) is 6.92 Å². The zero-order valence-electron chi connectivity index (χ0n) is 20.8. The van der Waals surface area contributed by atoms with Crippen LogP contribution in [0.4, 0.5) is 0 Å². The van der Waals surface area contributed by atoms with Crippen LogP contribution in [-0.2, 0) is 19.1 Å². The van der Waals surface area contributed by atoms with E-state index in [0.717, 1.165) is 5.56 Å². The average molecular weight is 513 g/mol. The van der Waals surface area contributed by atoms with Crippen LogP contribution in [0.1, 0.15) is 26.3 Å². The molecule has 0 aliphatic heterocycles. The summed E-state index contributed by atoms with van der Waals surface area (Å²) in [5, 5.41) is 1.46. The van der Waals surface area contributed by atoms with Gasteiger partial charge in [0.2, 0.25) is 11.6 Å². The monoisotopic (exact) mass is 512 g/mol. The maximum atomic E-state index is 14.0. The van der Waals surface area contributed by atoms with Gasteiger partial charge in [0.15, 0.2) is 11.5 Å². The Hall–Kier alpha value is -5.36. The molecule has 0 saturated heterocycles. The first-order valence-electron chi connectivity index (χ1n) is 12.3. The molecular weight excluding hydrogens is 492 g/mol. The summed E-state index contributed by atoms with van der Waals surface area (Å²) in [5.74, 6) is -2.89. The van der Waals surface area contributed by atoms with Gasteiger partial charge < -0.3 is 9.47 Å². The molecule has 0 spiro atoms. The lowest BCUT2D eigenvalue weighted by atomic mass is 9.83. The Kier molecular flexibility index (Phi) is 5.85. The van der Waals surface area contributed by atoms with Gasteiger partial charge in [0, 0.05) is 21.6 Å². The molecule has 0 unspecified atom stereocenters. The number of carbonyl (C=O) groups is 4. The molecular formula is C33H20O6. The van der Waals surface area contributed by atoms with Gasteiger partial charge >= 0.3 is 11.9 Å². The predicted molar refractivity (Wildman–Crippen MR) is 143 cm³/mol. The third-order valence-electron chi connectivity index (χ3n) is 6.66. The van der Waals surface area contributed by atoms with Crippen molar-refractivity contribution < 1.29 is 28.7 Å². The molecule has 0 radical (unpaired) electrons. The fourth-order valence-corrected chi connectivity index (χ4v) is 4.83. The Bertz CT molecular complexity index is 1970. The molecule has 0 aromatic heterocycles. The second kappa shape index (κ2) is 9.50. The lowest BCUT2D eigenvalue weighted by Gasteiger charge is -2.22. The summed E-state index contributed by atoms with van der Waals surface area (Å²) in [4.78, 5) is 54.0. The minimum Gasteiger partial charge on any atom is -0.418 e. The lowest BCUT2D eigenvalue weighted by Crippen LogP contribution is -2.47. The summed E-state index contributed by atoms with van der Waals surface area (Å²) in [6, 6.07) is 28.7. The van der Waals surface area contributed by atoms with E-state index in [2.05, 4.69) is 0 Å². The minimum absolute atomic E-state index is 0.0994. The topological polar surface area (TPSA) is 86.7 Å². The molecule has 2 aliphatic rings. The first kappa shape index (κ1) is 24.0. The molecule has 4 aromatic rings. The van der Waals surface area contributed by atoms with E-state index in [4.69, 9.17) is 9.47 Å². The molecule has 188 valence electrons. The maximum Gasteiger partial charge on any atom is 0.343 e. The largest absolute Gasteiger partial charge is 0.418 e. The van der Waals surface area contributed by atoms with E-state index in [0.29, 0.717) is 20.9 Å². The summed E-state index contributed by atoms with van der Waals surface area (Å²) < 4.78 is 11.4. The number of benzene rings is 4. The summed E-state index contributed by atoms with van der Waals surface area (Å²) in [5.41, 5.74) is 1.58. The van der Waals surface area contributed by atoms with Gasteiger partial charge in [0.1, 0.15) is 0 Å². The first-order valence-corrected chi connectivity index (χ1v) is 12.3. The van der Waals surface area contributed by atoms with Gasteiger partial charge in [-0.05, 0) is 47.7 Å². The molecule has 0 heterocycles. The summed E-state index contributed by atoms with van der Waals surface area (Å²) in [6.45, 7) is 1.84. The number of carbonyl (C=O) groups excluding carboxylic acids is 4. The van der Waals surface area contributed by atoms with Gasteiger partial charge in [-0.15, -0.1) is 0 Å². The number of hydrogen-bond donors (Lipinski definition) is 0. The molecule has 4 aromatic carbocycles. The highest BCUT2D eigenvalue weighted by molar-refractivity contribution is 6.58. The highest BCUT2D eigenvalue weighted by Gasteiger charge is 2.37. The van der Waals surface area contributed by atoms with Gasteiger partial charge in [-0.1, -0.05) is 78.4 Å². The van der Waals surface area contributed by atoms with E-state index in [1.165, 1.54) is 0 Å². The van der Waals surface area contributed by atoms with Gasteiger partial charge in [-0.3, -0.25) is 9.59 Å². The van der Waals surface area contributed by atoms with Crippen LogP contribution >= 0.6 is 0 Å². The third-order valence-corrected chi connectivity index (χ3v) is 6.66. The third kappa shape index (κ3) is 4.08. The van der Waals surface area contributed by atoms with Gasteiger partial charge in [-0.2, -0.15) is 0 Å². The molecule has 2 aliphatic carbocycles. The van der Waals surface area contributed by atoms with Crippen molar-refractivity contribution in [3.05, 3.63) is 141 Å². The average Bonchev–Trinajstić information content (AvgIpc) is 2.97. The van der Waals surface area contributed by atoms with E-state index < -0.39 is 23.5 Å². The number of ketones is 2. The second-order valence-corrected chi connectivity index (χ2v) is 9.17. The fraction of sp³-hybridized carbons (Fsp3) is 0.0303. The zero-order chi connectivity index (χ0) is 27.1. The van der Waals surface area contributed by atoms with Crippen molar-refractivity contribution >= 4 is 46.2 Å². The maximum absolute atomic E-state index is 14.0. The molecule has 0 fully saturated rings. The van der Waals surface area contributed by atoms with E-state index in [1.807, 2.05) is 6.92 Å². The Morgan fingerprint density at radius 3 is 1.49 bits per heavy atom.